The van der Waals surface area contributed by atoms with Crippen LogP contribution in [0.5, 0.6) is 0 Å². The van der Waals surface area contributed by atoms with Crippen molar-refractivity contribution in [3.8, 4) is 0 Å². The Hall–Kier alpha value is -1.04. The van der Waals surface area contributed by atoms with Crippen molar-refractivity contribution < 1.29 is 0 Å². The fraction of sp³-hybridized carbons (Fsp3) is 0.429. The third kappa shape index (κ3) is 3.37. The first-order valence-corrected chi connectivity index (χ1v) is 5.64. The second-order valence-electron chi connectivity index (χ2n) is 3.61. The Balaban J connectivity index is 3.03. The van der Waals surface area contributed by atoms with Crippen LogP contribution in [0.3, 0.4) is 0 Å². The first-order valence-electron chi connectivity index (χ1n) is 5.64. The summed E-state index contributed by atoms with van der Waals surface area (Å²) in [7, 11) is 0. The molecule has 0 radical (unpaired) electrons. The standard InChI is InChI=1S/C14H20/c1-3-5-9-13-11-7-8-12-14(13)10-6-4-2/h7-12H,3-6H2,1-2H3. The van der Waals surface area contributed by atoms with Crippen LogP contribution in [-0.2, 0) is 0 Å². The van der Waals surface area contributed by atoms with Crippen LogP contribution in [0.4, 0.5) is 0 Å². The van der Waals surface area contributed by atoms with Gasteiger partial charge in [-0.05, 0) is 23.3 Å². The van der Waals surface area contributed by atoms with Crippen LogP contribution in [0.25, 0.3) is 12.2 Å². The minimum atomic E-state index is 1.18. The van der Waals surface area contributed by atoms with Crippen LogP contribution >= 0.6 is 0 Å². The lowest BCUT2D eigenvalue weighted by Gasteiger charge is -1.91. The second kappa shape index (κ2) is 6.42. The molecule has 0 bridgehead atoms. The molecular formula is C14H20. The lowest BCUT2D eigenvalue weighted by Crippen LogP contribution is -2.23. The molecule has 1 aromatic rings. The number of hydrogen-bond donors (Lipinski definition) is 0. The molecule has 0 spiro atoms. The summed E-state index contributed by atoms with van der Waals surface area (Å²) in [6.07, 6.45) is 9.47. The first kappa shape index (κ1) is 11.0. The highest BCUT2D eigenvalue weighted by Crippen LogP contribution is 1.88. The van der Waals surface area contributed by atoms with Crippen LogP contribution in [0.15, 0.2) is 24.3 Å². The minimum absolute atomic E-state index is 1.18. The van der Waals surface area contributed by atoms with E-state index in [0.717, 1.165) is 0 Å². The predicted molar refractivity (Wildman–Crippen MR) is 64.4 cm³/mol. The highest BCUT2D eigenvalue weighted by atomic mass is 13.9. The molecule has 0 saturated carbocycles. The van der Waals surface area contributed by atoms with Gasteiger partial charge in [0.1, 0.15) is 0 Å². The van der Waals surface area contributed by atoms with Gasteiger partial charge in [-0.1, -0.05) is 63.1 Å². The van der Waals surface area contributed by atoms with Crippen molar-refractivity contribution in [2.75, 3.05) is 0 Å². The average Bonchev–Trinajstić information content (AvgIpc) is 2.24. The van der Waals surface area contributed by atoms with Gasteiger partial charge in [-0.25, -0.2) is 0 Å². The van der Waals surface area contributed by atoms with Gasteiger partial charge in [0.25, 0.3) is 0 Å². The SMILES string of the molecule is CCCC=c1ccccc1=CCCC. The minimum Gasteiger partial charge on any atom is -0.0767 e. The van der Waals surface area contributed by atoms with Gasteiger partial charge >= 0.3 is 0 Å². The summed E-state index contributed by atoms with van der Waals surface area (Å²) in [6.45, 7) is 4.43. The van der Waals surface area contributed by atoms with Crippen LogP contribution in [0.2, 0.25) is 0 Å². The zero-order valence-electron chi connectivity index (χ0n) is 9.29. The van der Waals surface area contributed by atoms with Gasteiger partial charge in [0, 0.05) is 0 Å². The predicted octanol–water partition coefficient (Wildman–Crippen LogP) is 2.85. The fourth-order valence-electron chi connectivity index (χ4n) is 1.48. The molecule has 1 aromatic carbocycles. The molecule has 0 N–H and O–H groups in total. The van der Waals surface area contributed by atoms with Gasteiger partial charge in [-0.3, -0.25) is 0 Å². The highest BCUT2D eigenvalue weighted by molar-refractivity contribution is 5.31. The van der Waals surface area contributed by atoms with Gasteiger partial charge in [0.05, 0.1) is 0 Å². The molecule has 14 heavy (non-hydrogen) atoms. The smallest absolute Gasteiger partial charge is 0.0227 e. The number of hydrogen-bond acceptors (Lipinski definition) is 0. The van der Waals surface area contributed by atoms with Crippen molar-refractivity contribution in [1.29, 1.82) is 0 Å². The normalized spacial score (nSPS) is 13.6. The summed E-state index contributed by atoms with van der Waals surface area (Å²) in [4.78, 5) is 0. The Labute approximate surface area is 87.0 Å². The van der Waals surface area contributed by atoms with E-state index in [-0.39, 0.29) is 0 Å². The van der Waals surface area contributed by atoms with Crippen LogP contribution in [0, 0.1) is 0 Å². The van der Waals surface area contributed by atoms with Crippen LogP contribution < -0.4 is 10.4 Å². The summed E-state index contributed by atoms with van der Waals surface area (Å²) in [6, 6.07) is 8.64. The Morgan fingerprint density at radius 3 is 1.64 bits per heavy atom. The van der Waals surface area contributed by atoms with E-state index in [1.807, 2.05) is 0 Å². The van der Waals surface area contributed by atoms with E-state index in [2.05, 4.69) is 50.3 Å². The highest BCUT2D eigenvalue weighted by Gasteiger charge is 1.83. The topological polar surface area (TPSA) is 0 Å². The summed E-state index contributed by atoms with van der Waals surface area (Å²) in [5.41, 5.74) is 0. The quantitative estimate of drug-likeness (QED) is 0.681. The van der Waals surface area contributed by atoms with Crippen molar-refractivity contribution in [3.63, 3.8) is 0 Å². The second-order valence-corrected chi connectivity index (χ2v) is 3.61. The summed E-state index contributed by atoms with van der Waals surface area (Å²) in [5, 5.41) is 2.78. The van der Waals surface area contributed by atoms with Crippen molar-refractivity contribution in [1.82, 2.24) is 0 Å². The third-order valence-electron chi connectivity index (χ3n) is 2.30. The van der Waals surface area contributed by atoms with Crippen molar-refractivity contribution in [3.05, 3.63) is 34.7 Å². The molecule has 0 aromatic heterocycles. The largest absolute Gasteiger partial charge is 0.0767 e. The maximum atomic E-state index is 2.33. The Morgan fingerprint density at radius 2 is 1.29 bits per heavy atom. The molecule has 0 heteroatoms. The summed E-state index contributed by atoms with van der Waals surface area (Å²) < 4.78 is 0. The Kier molecular flexibility index (Phi) is 5.06. The molecule has 0 aliphatic heterocycles. The third-order valence-corrected chi connectivity index (χ3v) is 2.30. The molecule has 0 fully saturated rings. The van der Waals surface area contributed by atoms with Gasteiger partial charge in [0.15, 0.2) is 0 Å². The van der Waals surface area contributed by atoms with Crippen molar-refractivity contribution in [2.24, 2.45) is 0 Å². The summed E-state index contributed by atoms with van der Waals surface area (Å²) >= 11 is 0. The average molecular weight is 188 g/mol. The van der Waals surface area contributed by atoms with Crippen LogP contribution in [0.1, 0.15) is 39.5 Å². The van der Waals surface area contributed by atoms with E-state index in [1.165, 1.54) is 36.1 Å². The number of benzene rings is 1. The molecule has 0 saturated heterocycles. The molecule has 76 valence electrons. The van der Waals surface area contributed by atoms with E-state index in [0.29, 0.717) is 0 Å². The van der Waals surface area contributed by atoms with Gasteiger partial charge < -0.3 is 0 Å². The molecule has 0 aliphatic rings. The molecule has 0 amide bonds. The van der Waals surface area contributed by atoms with E-state index in [4.69, 9.17) is 0 Å². The van der Waals surface area contributed by atoms with E-state index >= 15 is 0 Å². The van der Waals surface area contributed by atoms with E-state index in [9.17, 15) is 0 Å². The summed E-state index contributed by atoms with van der Waals surface area (Å²) in [5.74, 6) is 0. The van der Waals surface area contributed by atoms with E-state index < -0.39 is 0 Å². The maximum absolute atomic E-state index is 2.33. The molecular weight excluding hydrogens is 168 g/mol. The molecule has 0 unspecified atom stereocenters. The Morgan fingerprint density at radius 1 is 0.857 bits per heavy atom. The lowest BCUT2D eigenvalue weighted by molar-refractivity contribution is 0.985. The fourth-order valence-corrected chi connectivity index (χ4v) is 1.48. The molecule has 0 heterocycles. The molecule has 0 aliphatic carbocycles. The van der Waals surface area contributed by atoms with Gasteiger partial charge in [0.2, 0.25) is 0 Å². The zero-order chi connectivity index (χ0) is 10.2. The molecule has 0 nitrogen and oxygen atoms in total. The first-order chi connectivity index (χ1) is 6.88. The molecule has 0 atom stereocenters. The van der Waals surface area contributed by atoms with Crippen molar-refractivity contribution in [2.45, 2.75) is 39.5 Å². The van der Waals surface area contributed by atoms with Gasteiger partial charge in [-0.2, -0.15) is 0 Å². The monoisotopic (exact) mass is 188 g/mol. The maximum Gasteiger partial charge on any atom is -0.0227 e. The number of unbranched alkanes of at least 4 members (excludes halogenated alkanes) is 2. The van der Waals surface area contributed by atoms with Crippen molar-refractivity contribution >= 4 is 12.2 Å². The Bertz CT molecular complexity index is 323. The number of rotatable bonds is 4. The van der Waals surface area contributed by atoms with E-state index in [1.54, 1.807) is 0 Å². The molecule has 1 rings (SSSR count). The van der Waals surface area contributed by atoms with Gasteiger partial charge in [-0.15, -0.1) is 0 Å². The zero-order valence-corrected chi connectivity index (χ0v) is 9.29. The van der Waals surface area contributed by atoms with Crippen LogP contribution in [-0.4, -0.2) is 0 Å². The lowest BCUT2D eigenvalue weighted by atomic mass is 10.1.